The zero-order chi connectivity index (χ0) is 21.9. The summed E-state index contributed by atoms with van der Waals surface area (Å²) in [6, 6.07) is 3.57. The first-order valence-corrected chi connectivity index (χ1v) is 9.91. The molecule has 0 spiro atoms. The third-order valence-corrected chi connectivity index (χ3v) is 4.65. The second-order valence-electron chi connectivity index (χ2n) is 8.62. The summed E-state index contributed by atoms with van der Waals surface area (Å²) in [4.78, 5) is 34.9. The summed E-state index contributed by atoms with van der Waals surface area (Å²) >= 11 is 0. The van der Waals surface area contributed by atoms with E-state index in [1.54, 1.807) is 18.3 Å². The van der Waals surface area contributed by atoms with Crippen molar-refractivity contribution in [1.29, 1.82) is 0 Å². The van der Waals surface area contributed by atoms with E-state index >= 15 is 0 Å². The van der Waals surface area contributed by atoms with E-state index in [4.69, 9.17) is 4.74 Å². The number of esters is 1. The highest BCUT2D eigenvalue weighted by Crippen LogP contribution is 2.29. The molecule has 2 atom stereocenters. The monoisotopic (exact) mass is 416 g/mol. The van der Waals surface area contributed by atoms with Gasteiger partial charge in [0.15, 0.2) is 0 Å². The molecule has 0 aromatic carbocycles. The van der Waals surface area contributed by atoms with Crippen LogP contribution in [0.4, 0.5) is 17.6 Å². The van der Waals surface area contributed by atoms with Gasteiger partial charge in [0.1, 0.15) is 17.2 Å². The van der Waals surface area contributed by atoms with E-state index in [0.29, 0.717) is 30.5 Å². The minimum Gasteiger partial charge on any atom is -0.481 e. The molecular weight excluding hydrogens is 388 g/mol. The van der Waals surface area contributed by atoms with Crippen LogP contribution in [0.5, 0.6) is 0 Å². The molecule has 1 fully saturated rings. The Balaban J connectivity index is 1.78. The molecule has 0 amide bonds. The zero-order valence-corrected chi connectivity index (χ0v) is 17.7. The van der Waals surface area contributed by atoms with Crippen molar-refractivity contribution in [3.05, 3.63) is 24.0 Å². The van der Waals surface area contributed by atoms with Crippen LogP contribution < -0.4 is 10.2 Å². The normalized spacial score (nSPS) is 19.4. The summed E-state index contributed by atoms with van der Waals surface area (Å²) in [5, 5.41) is 19.4. The van der Waals surface area contributed by atoms with Gasteiger partial charge in [-0.25, -0.2) is 4.98 Å². The number of rotatable bonds is 6. The molecule has 10 nitrogen and oxygen atoms in total. The summed E-state index contributed by atoms with van der Waals surface area (Å²) in [6.45, 7) is 8.05. The molecule has 1 saturated heterocycles. The summed E-state index contributed by atoms with van der Waals surface area (Å²) in [5.41, 5.74) is 0.160. The number of hydrogen-bond donors (Lipinski definition) is 3. The minimum absolute atomic E-state index is 0.155. The summed E-state index contributed by atoms with van der Waals surface area (Å²) in [5.74, 6) is -0.311. The summed E-state index contributed by atoms with van der Waals surface area (Å²) in [7, 11) is 0. The van der Waals surface area contributed by atoms with Crippen molar-refractivity contribution < 1.29 is 19.4 Å². The smallest absolute Gasteiger partial charge is 0.308 e. The largest absolute Gasteiger partial charge is 0.481 e. The molecule has 2 aromatic heterocycles. The highest BCUT2D eigenvalue weighted by molar-refractivity contribution is 5.73. The van der Waals surface area contributed by atoms with Gasteiger partial charge in [-0.15, -0.1) is 0 Å². The number of carboxylic acids is 1. The van der Waals surface area contributed by atoms with Crippen molar-refractivity contribution in [3.8, 4) is 0 Å². The van der Waals surface area contributed by atoms with Crippen LogP contribution in [-0.2, 0) is 14.3 Å². The number of anilines is 3. The van der Waals surface area contributed by atoms with E-state index in [1.807, 2.05) is 32.6 Å². The van der Waals surface area contributed by atoms with Gasteiger partial charge in [-0.1, -0.05) is 0 Å². The third-order valence-electron chi connectivity index (χ3n) is 4.65. The first kappa shape index (κ1) is 21.5. The Morgan fingerprint density at radius 2 is 2.10 bits per heavy atom. The maximum absolute atomic E-state index is 12.3. The summed E-state index contributed by atoms with van der Waals surface area (Å²) < 4.78 is 5.42. The number of aliphatic carboxylic acids is 1. The zero-order valence-electron chi connectivity index (χ0n) is 17.7. The number of aromatic amines is 1. The number of nitrogens with zero attached hydrogens (tertiary/aromatic N) is 4. The average Bonchev–Trinajstić information content (AvgIpc) is 3.12. The van der Waals surface area contributed by atoms with Crippen LogP contribution in [0, 0.1) is 18.8 Å². The Bertz CT molecular complexity index is 893. The first-order valence-electron chi connectivity index (χ1n) is 9.91. The number of piperidine rings is 1. The van der Waals surface area contributed by atoms with Crippen molar-refractivity contribution >= 4 is 29.5 Å². The van der Waals surface area contributed by atoms with Gasteiger partial charge < -0.3 is 20.1 Å². The van der Waals surface area contributed by atoms with Gasteiger partial charge >= 0.3 is 11.9 Å². The lowest BCUT2D eigenvalue weighted by Crippen LogP contribution is -2.45. The maximum atomic E-state index is 12.3. The Hall–Kier alpha value is -3.17. The average molecular weight is 416 g/mol. The highest BCUT2D eigenvalue weighted by atomic mass is 16.6. The molecule has 1 aliphatic heterocycles. The molecule has 0 radical (unpaired) electrons. The van der Waals surface area contributed by atoms with Crippen LogP contribution in [0.15, 0.2) is 18.3 Å². The van der Waals surface area contributed by atoms with Gasteiger partial charge in [0, 0.05) is 30.9 Å². The fourth-order valence-electron chi connectivity index (χ4n) is 3.53. The number of ether oxygens (including phenoxy) is 1. The molecule has 0 aliphatic carbocycles. The molecule has 0 saturated carbocycles. The van der Waals surface area contributed by atoms with Gasteiger partial charge in [-0.2, -0.15) is 10.1 Å². The van der Waals surface area contributed by atoms with Gasteiger partial charge in [-0.05, 0) is 40.0 Å². The number of nitrogens with one attached hydrogen (secondary N) is 2. The molecular formula is C20H28N6O4. The molecule has 0 unspecified atom stereocenters. The first-order chi connectivity index (χ1) is 14.1. The van der Waals surface area contributed by atoms with E-state index in [0.717, 1.165) is 5.69 Å². The number of carbonyl (C=O) groups excluding carboxylic acids is 1. The maximum Gasteiger partial charge on any atom is 0.308 e. The molecule has 3 rings (SSSR count). The number of carboxylic acid groups (broad SMARTS) is 1. The second-order valence-corrected chi connectivity index (χ2v) is 8.62. The van der Waals surface area contributed by atoms with Crippen molar-refractivity contribution in [2.24, 2.45) is 11.8 Å². The van der Waals surface area contributed by atoms with Crippen molar-refractivity contribution in [3.63, 3.8) is 0 Å². The van der Waals surface area contributed by atoms with Crippen LogP contribution in [0.3, 0.4) is 0 Å². The van der Waals surface area contributed by atoms with Crippen LogP contribution in [0.2, 0.25) is 0 Å². The Kier molecular flexibility index (Phi) is 6.23. The predicted octanol–water partition coefficient (Wildman–Crippen LogP) is 2.51. The van der Waals surface area contributed by atoms with Gasteiger partial charge in [0.2, 0.25) is 5.95 Å². The fourth-order valence-corrected chi connectivity index (χ4v) is 3.53. The summed E-state index contributed by atoms with van der Waals surface area (Å²) in [6.07, 6.45) is 2.19. The lowest BCUT2D eigenvalue weighted by molar-refractivity contribution is -0.157. The number of aryl methyl sites for hydroxylation is 1. The lowest BCUT2D eigenvalue weighted by Gasteiger charge is -2.36. The SMILES string of the molecule is Cc1cc(Nc2ccn[nH]2)nc(N2C[C@@H](CC(=O)OC(C)(C)C)C[C@@H](C(=O)O)C2)n1. The predicted molar refractivity (Wildman–Crippen MR) is 111 cm³/mol. The number of H-pyrrole nitrogens is 1. The standard InChI is InChI=1S/C20H28N6O4/c1-12-7-16(23-15-5-6-21-25-15)24-19(22-12)26-10-13(8-14(11-26)18(28)29)9-17(27)30-20(2,3)4/h5-7,13-14H,8-11H2,1-4H3,(H,28,29)(H2,21,22,23,24,25)/t13-,14-/m1/s1. The van der Waals surface area contributed by atoms with Crippen molar-refractivity contribution in [2.75, 3.05) is 23.3 Å². The quantitative estimate of drug-likeness (QED) is 0.607. The number of hydrogen-bond acceptors (Lipinski definition) is 8. The Morgan fingerprint density at radius 1 is 1.33 bits per heavy atom. The van der Waals surface area contributed by atoms with Crippen molar-refractivity contribution in [1.82, 2.24) is 20.2 Å². The van der Waals surface area contributed by atoms with Crippen molar-refractivity contribution in [2.45, 2.75) is 46.1 Å². The van der Waals surface area contributed by atoms with E-state index in [-0.39, 0.29) is 24.9 Å². The highest BCUT2D eigenvalue weighted by Gasteiger charge is 2.34. The number of carbonyl (C=O) groups is 2. The van der Waals surface area contributed by atoms with E-state index in [2.05, 4.69) is 25.5 Å². The molecule has 2 aromatic rings. The van der Waals surface area contributed by atoms with Crippen LogP contribution in [-0.4, -0.2) is 55.9 Å². The molecule has 0 bridgehead atoms. The Labute approximate surface area is 175 Å². The van der Waals surface area contributed by atoms with E-state index < -0.39 is 17.5 Å². The molecule has 30 heavy (non-hydrogen) atoms. The van der Waals surface area contributed by atoms with Crippen LogP contribution in [0.25, 0.3) is 0 Å². The molecule has 162 valence electrons. The lowest BCUT2D eigenvalue weighted by atomic mass is 9.87. The minimum atomic E-state index is -0.891. The van der Waals surface area contributed by atoms with E-state index in [9.17, 15) is 14.7 Å². The fraction of sp³-hybridized carbons (Fsp3) is 0.550. The van der Waals surface area contributed by atoms with Gasteiger partial charge in [0.25, 0.3) is 0 Å². The number of aromatic nitrogens is 4. The van der Waals surface area contributed by atoms with Crippen LogP contribution >= 0.6 is 0 Å². The van der Waals surface area contributed by atoms with Crippen LogP contribution in [0.1, 0.15) is 39.3 Å². The van der Waals surface area contributed by atoms with Gasteiger partial charge in [0.05, 0.1) is 18.5 Å². The van der Waals surface area contributed by atoms with Gasteiger partial charge in [-0.3, -0.25) is 14.7 Å². The molecule has 3 heterocycles. The third kappa shape index (κ3) is 5.91. The molecule has 10 heteroatoms. The molecule has 1 aliphatic rings. The second kappa shape index (κ2) is 8.68. The molecule has 3 N–H and O–H groups in total. The Morgan fingerprint density at radius 3 is 2.73 bits per heavy atom. The van der Waals surface area contributed by atoms with E-state index in [1.165, 1.54) is 0 Å². The topological polar surface area (TPSA) is 133 Å².